The van der Waals surface area contributed by atoms with Crippen LogP contribution in [0.5, 0.6) is 5.75 Å². The molecule has 0 spiro atoms. The lowest BCUT2D eigenvalue weighted by Gasteiger charge is -2.18. The van der Waals surface area contributed by atoms with Crippen molar-refractivity contribution >= 4 is 16.9 Å². The molecule has 1 aromatic carbocycles. The Labute approximate surface area is 116 Å². The van der Waals surface area contributed by atoms with Crippen molar-refractivity contribution in [3.8, 4) is 5.75 Å². The van der Waals surface area contributed by atoms with E-state index in [9.17, 15) is 9.59 Å². The van der Waals surface area contributed by atoms with E-state index in [-0.39, 0.29) is 12.0 Å². The molecule has 0 unspecified atom stereocenters. The van der Waals surface area contributed by atoms with Crippen molar-refractivity contribution in [2.75, 3.05) is 7.11 Å². The van der Waals surface area contributed by atoms with Gasteiger partial charge >= 0.3 is 5.97 Å². The molecule has 106 valence electrons. The molecular weight excluding hydrogens is 258 g/mol. The number of aliphatic carboxylic acids is 1. The van der Waals surface area contributed by atoms with Crippen LogP contribution in [-0.4, -0.2) is 23.2 Å². The molecule has 0 saturated carbocycles. The van der Waals surface area contributed by atoms with Crippen LogP contribution in [0.1, 0.15) is 19.4 Å². The number of rotatable bonds is 4. The SMILES string of the molecule is COc1cccc2cc(CC(C)(C)C(=O)O)c(=O)[nH]c12. The van der Waals surface area contributed by atoms with E-state index >= 15 is 0 Å². The second-order valence-corrected chi connectivity index (χ2v) is 5.41. The van der Waals surface area contributed by atoms with Gasteiger partial charge in [0.2, 0.25) is 0 Å². The van der Waals surface area contributed by atoms with Gasteiger partial charge in [0.25, 0.3) is 5.56 Å². The third-order valence-electron chi connectivity index (χ3n) is 3.35. The molecule has 1 aromatic heterocycles. The maximum absolute atomic E-state index is 12.1. The van der Waals surface area contributed by atoms with E-state index in [1.54, 1.807) is 26.0 Å². The van der Waals surface area contributed by atoms with Gasteiger partial charge in [-0.2, -0.15) is 0 Å². The molecule has 2 aromatic rings. The third kappa shape index (κ3) is 2.52. The molecule has 0 bridgehead atoms. The highest BCUT2D eigenvalue weighted by atomic mass is 16.5. The highest BCUT2D eigenvalue weighted by Crippen LogP contribution is 2.25. The molecule has 1 heterocycles. The summed E-state index contributed by atoms with van der Waals surface area (Å²) in [7, 11) is 1.54. The summed E-state index contributed by atoms with van der Waals surface area (Å²) in [5.74, 6) is -0.341. The highest BCUT2D eigenvalue weighted by molar-refractivity contribution is 5.85. The van der Waals surface area contributed by atoms with E-state index in [0.29, 0.717) is 16.8 Å². The number of benzene rings is 1. The van der Waals surface area contributed by atoms with Gasteiger partial charge in [-0.3, -0.25) is 9.59 Å². The summed E-state index contributed by atoms with van der Waals surface area (Å²) >= 11 is 0. The minimum atomic E-state index is -0.987. The maximum Gasteiger partial charge on any atom is 0.309 e. The molecule has 2 rings (SSSR count). The van der Waals surface area contributed by atoms with Gasteiger partial charge in [0, 0.05) is 10.9 Å². The first-order chi connectivity index (χ1) is 9.35. The Balaban J connectivity index is 2.55. The first kappa shape index (κ1) is 14.1. The lowest BCUT2D eigenvalue weighted by atomic mass is 9.86. The standard InChI is InChI=1S/C15H17NO4/c1-15(2,14(18)19)8-10-7-9-5-4-6-11(20-3)12(9)16-13(10)17/h4-7H,8H2,1-3H3,(H,16,17)(H,18,19). The van der Waals surface area contributed by atoms with E-state index < -0.39 is 11.4 Å². The third-order valence-corrected chi connectivity index (χ3v) is 3.35. The number of carboxylic acid groups (broad SMARTS) is 1. The predicted octanol–water partition coefficient (Wildman–Crippen LogP) is 2.19. The molecular formula is C15H17NO4. The normalized spacial score (nSPS) is 11.6. The molecule has 0 aliphatic heterocycles. The number of carboxylic acids is 1. The zero-order valence-corrected chi connectivity index (χ0v) is 11.7. The van der Waals surface area contributed by atoms with Crippen molar-refractivity contribution < 1.29 is 14.6 Å². The van der Waals surface area contributed by atoms with Crippen molar-refractivity contribution in [2.24, 2.45) is 5.41 Å². The molecule has 0 atom stereocenters. The summed E-state index contributed by atoms with van der Waals surface area (Å²) in [6.45, 7) is 3.20. The number of hydrogen-bond donors (Lipinski definition) is 2. The van der Waals surface area contributed by atoms with Crippen molar-refractivity contribution in [2.45, 2.75) is 20.3 Å². The number of carbonyl (C=O) groups is 1. The molecule has 0 radical (unpaired) electrons. The Hall–Kier alpha value is -2.30. The van der Waals surface area contributed by atoms with Crippen molar-refractivity contribution in [1.82, 2.24) is 4.98 Å². The zero-order valence-electron chi connectivity index (χ0n) is 11.7. The monoisotopic (exact) mass is 275 g/mol. The molecule has 0 fully saturated rings. The summed E-state index contributed by atoms with van der Waals surface area (Å²) in [5.41, 5.74) is -0.189. The number of pyridine rings is 1. The Kier molecular flexibility index (Phi) is 3.53. The van der Waals surface area contributed by atoms with Gasteiger partial charge in [-0.15, -0.1) is 0 Å². The number of aromatic amines is 1. The van der Waals surface area contributed by atoms with Gasteiger partial charge in [-0.25, -0.2) is 0 Å². The number of nitrogens with one attached hydrogen (secondary N) is 1. The Bertz CT molecular complexity index is 715. The second-order valence-electron chi connectivity index (χ2n) is 5.41. The summed E-state index contributed by atoms with van der Waals surface area (Å²) in [6, 6.07) is 7.16. The Morgan fingerprint density at radius 3 is 2.70 bits per heavy atom. The van der Waals surface area contributed by atoms with E-state index in [2.05, 4.69) is 4.98 Å². The van der Waals surface area contributed by atoms with Gasteiger partial charge in [0.05, 0.1) is 18.0 Å². The fourth-order valence-electron chi connectivity index (χ4n) is 2.10. The molecule has 20 heavy (non-hydrogen) atoms. The zero-order chi connectivity index (χ0) is 14.9. The first-order valence-electron chi connectivity index (χ1n) is 6.27. The van der Waals surface area contributed by atoms with Gasteiger partial charge in [0.1, 0.15) is 5.75 Å². The lowest BCUT2D eigenvalue weighted by Crippen LogP contribution is -2.29. The molecule has 5 heteroatoms. The van der Waals surface area contributed by atoms with Crippen LogP contribution in [0.15, 0.2) is 29.1 Å². The molecule has 0 aliphatic carbocycles. The first-order valence-corrected chi connectivity index (χ1v) is 6.27. The number of methoxy groups -OCH3 is 1. The average Bonchev–Trinajstić information content (AvgIpc) is 2.38. The topological polar surface area (TPSA) is 79.4 Å². The van der Waals surface area contributed by atoms with Crippen LogP contribution >= 0.6 is 0 Å². The molecule has 5 nitrogen and oxygen atoms in total. The van der Waals surface area contributed by atoms with E-state index in [0.717, 1.165) is 5.39 Å². The Morgan fingerprint density at radius 2 is 2.10 bits per heavy atom. The van der Waals surface area contributed by atoms with Crippen LogP contribution in [0.2, 0.25) is 0 Å². The number of fused-ring (bicyclic) bond motifs is 1. The lowest BCUT2D eigenvalue weighted by molar-refractivity contribution is -0.146. The number of H-pyrrole nitrogens is 1. The minimum absolute atomic E-state index is 0.171. The van der Waals surface area contributed by atoms with Crippen molar-refractivity contribution in [1.29, 1.82) is 0 Å². The van der Waals surface area contributed by atoms with Crippen LogP contribution in [0.3, 0.4) is 0 Å². The van der Waals surface area contributed by atoms with Crippen LogP contribution in [0, 0.1) is 5.41 Å². The van der Waals surface area contributed by atoms with Gasteiger partial charge in [-0.05, 0) is 32.4 Å². The van der Waals surface area contributed by atoms with Crippen LogP contribution < -0.4 is 10.3 Å². The molecule has 0 aliphatic rings. The Morgan fingerprint density at radius 1 is 1.40 bits per heavy atom. The largest absolute Gasteiger partial charge is 0.495 e. The fourth-order valence-corrected chi connectivity index (χ4v) is 2.10. The number of ether oxygens (including phenoxy) is 1. The van der Waals surface area contributed by atoms with Crippen molar-refractivity contribution in [3.63, 3.8) is 0 Å². The predicted molar refractivity (Wildman–Crippen MR) is 76.2 cm³/mol. The number of para-hydroxylation sites is 1. The van der Waals surface area contributed by atoms with Crippen LogP contribution in [0.4, 0.5) is 0 Å². The second kappa shape index (κ2) is 5.00. The smallest absolute Gasteiger partial charge is 0.309 e. The minimum Gasteiger partial charge on any atom is -0.495 e. The van der Waals surface area contributed by atoms with Crippen LogP contribution in [-0.2, 0) is 11.2 Å². The van der Waals surface area contributed by atoms with E-state index in [4.69, 9.17) is 9.84 Å². The fraction of sp³-hybridized carbons (Fsp3) is 0.333. The molecule has 0 amide bonds. The molecule has 2 N–H and O–H groups in total. The van der Waals surface area contributed by atoms with Crippen LogP contribution in [0.25, 0.3) is 10.9 Å². The maximum atomic E-state index is 12.1. The summed E-state index contributed by atoms with van der Waals surface area (Å²) in [4.78, 5) is 26.0. The quantitative estimate of drug-likeness (QED) is 0.896. The molecule has 0 saturated heterocycles. The summed E-state index contributed by atoms with van der Waals surface area (Å²) in [6.07, 6.45) is 0.171. The van der Waals surface area contributed by atoms with Gasteiger partial charge in [-0.1, -0.05) is 12.1 Å². The highest BCUT2D eigenvalue weighted by Gasteiger charge is 2.28. The van der Waals surface area contributed by atoms with E-state index in [1.807, 2.05) is 12.1 Å². The van der Waals surface area contributed by atoms with E-state index in [1.165, 1.54) is 7.11 Å². The number of hydrogen-bond acceptors (Lipinski definition) is 3. The summed E-state index contributed by atoms with van der Waals surface area (Å²) in [5, 5.41) is 9.98. The summed E-state index contributed by atoms with van der Waals surface area (Å²) < 4.78 is 5.20. The number of aromatic nitrogens is 1. The van der Waals surface area contributed by atoms with Gasteiger partial charge in [0.15, 0.2) is 0 Å². The van der Waals surface area contributed by atoms with Crippen molar-refractivity contribution in [3.05, 3.63) is 40.2 Å². The average molecular weight is 275 g/mol. The van der Waals surface area contributed by atoms with Gasteiger partial charge < -0.3 is 14.8 Å².